The zero-order valence-corrected chi connectivity index (χ0v) is 15.6. The van der Waals surface area contributed by atoms with E-state index in [2.05, 4.69) is 4.98 Å². The van der Waals surface area contributed by atoms with Crippen LogP contribution in [0.25, 0.3) is 0 Å². The number of fused-ring (bicyclic) bond motifs is 1. The summed E-state index contributed by atoms with van der Waals surface area (Å²) in [7, 11) is -3.32. The number of pyridine rings is 1. The largest absolute Gasteiger partial charge is 0.335 e. The lowest BCUT2D eigenvalue weighted by molar-refractivity contribution is -0.143. The Morgan fingerprint density at radius 2 is 1.78 bits per heavy atom. The molecule has 1 aliphatic carbocycles. The number of carbonyl (C=O) groups is 2. The molecule has 3 heterocycles. The van der Waals surface area contributed by atoms with Crippen LogP contribution in [0.4, 0.5) is 0 Å². The van der Waals surface area contributed by atoms with Gasteiger partial charge in [-0.3, -0.25) is 9.59 Å². The summed E-state index contributed by atoms with van der Waals surface area (Å²) in [5.74, 6) is -0.498. The van der Waals surface area contributed by atoms with Gasteiger partial charge in [-0.05, 0) is 25.0 Å². The van der Waals surface area contributed by atoms with E-state index in [-0.39, 0.29) is 34.9 Å². The summed E-state index contributed by atoms with van der Waals surface area (Å²) in [6, 6.07) is 3.88. The van der Waals surface area contributed by atoms with E-state index in [9.17, 15) is 18.0 Å². The van der Waals surface area contributed by atoms with Gasteiger partial charge in [0.25, 0.3) is 5.91 Å². The molecule has 2 saturated heterocycles. The number of amides is 2. The molecule has 0 radical (unpaired) electrons. The summed E-state index contributed by atoms with van der Waals surface area (Å²) >= 11 is 0. The van der Waals surface area contributed by atoms with Crippen molar-refractivity contribution in [3.63, 3.8) is 0 Å². The average molecular weight is 388 g/mol. The quantitative estimate of drug-likeness (QED) is 0.716. The van der Waals surface area contributed by atoms with Gasteiger partial charge in [-0.25, -0.2) is 13.4 Å². The second-order valence-electron chi connectivity index (χ2n) is 7.41. The molecular formula is C18H20N4O4S. The van der Waals surface area contributed by atoms with Crippen molar-refractivity contribution in [2.24, 2.45) is 5.92 Å². The molecule has 27 heavy (non-hydrogen) atoms. The second-order valence-corrected chi connectivity index (χ2v) is 9.57. The van der Waals surface area contributed by atoms with Crippen molar-refractivity contribution < 1.29 is 18.0 Å². The van der Waals surface area contributed by atoms with Gasteiger partial charge < -0.3 is 9.80 Å². The summed E-state index contributed by atoms with van der Waals surface area (Å²) in [5.41, 5.74) is 0.527. The first-order valence-electron chi connectivity index (χ1n) is 9.07. The van der Waals surface area contributed by atoms with Crippen LogP contribution in [0.5, 0.6) is 0 Å². The second kappa shape index (κ2) is 6.60. The molecule has 142 valence electrons. The summed E-state index contributed by atoms with van der Waals surface area (Å²) in [6.07, 6.45) is 4.09. The minimum Gasteiger partial charge on any atom is -0.335 e. The van der Waals surface area contributed by atoms with Gasteiger partial charge in [-0.15, -0.1) is 0 Å². The molecule has 0 spiro atoms. The average Bonchev–Trinajstić information content (AvgIpc) is 2.93. The number of aromatic nitrogens is 1. The van der Waals surface area contributed by atoms with Crippen LogP contribution in [0.3, 0.4) is 0 Å². The first-order valence-corrected chi connectivity index (χ1v) is 10.9. The van der Waals surface area contributed by atoms with Crippen molar-refractivity contribution in [2.75, 3.05) is 24.6 Å². The summed E-state index contributed by atoms with van der Waals surface area (Å²) in [6.45, 7) is 0.648. The third-order valence-corrected chi connectivity index (χ3v) is 7.50. The predicted molar refractivity (Wildman–Crippen MR) is 95.3 cm³/mol. The highest BCUT2D eigenvalue weighted by molar-refractivity contribution is 7.91. The Hall–Kier alpha value is -2.47. The standard InChI is InChI=1S/C18H20N4O4S/c19-8-14-5-4-13(9-20-14)18(24)22-7-6-21(17(23)12-2-1-3-12)15-10-27(25,26)11-16(15)22/h4-5,9,12,15-16H,1-3,6-7,10-11H2/t15-,16+/m1/s1. The van der Waals surface area contributed by atoms with E-state index in [0.29, 0.717) is 18.7 Å². The van der Waals surface area contributed by atoms with E-state index >= 15 is 0 Å². The van der Waals surface area contributed by atoms with Gasteiger partial charge in [0, 0.05) is 25.2 Å². The molecule has 0 aromatic carbocycles. The molecule has 2 atom stereocenters. The fourth-order valence-corrected chi connectivity index (χ4v) is 6.10. The highest BCUT2D eigenvalue weighted by atomic mass is 32.2. The van der Waals surface area contributed by atoms with Crippen molar-refractivity contribution in [1.29, 1.82) is 5.26 Å². The molecule has 4 rings (SSSR count). The predicted octanol–water partition coefficient (Wildman–Crippen LogP) is 0.203. The molecule has 1 saturated carbocycles. The smallest absolute Gasteiger partial charge is 0.255 e. The van der Waals surface area contributed by atoms with E-state index in [4.69, 9.17) is 5.26 Å². The van der Waals surface area contributed by atoms with Crippen LogP contribution in [0.2, 0.25) is 0 Å². The minimum atomic E-state index is -3.32. The topological polar surface area (TPSA) is 111 Å². The molecule has 0 N–H and O–H groups in total. The number of nitrogens with zero attached hydrogens (tertiary/aromatic N) is 4. The maximum absolute atomic E-state index is 12.9. The normalized spacial score (nSPS) is 26.8. The fraction of sp³-hybridized carbons (Fsp3) is 0.556. The lowest BCUT2D eigenvalue weighted by Crippen LogP contribution is -2.63. The summed E-state index contributed by atoms with van der Waals surface area (Å²) < 4.78 is 24.6. The molecule has 0 unspecified atom stereocenters. The molecule has 3 aliphatic rings. The van der Waals surface area contributed by atoms with E-state index in [1.165, 1.54) is 18.3 Å². The molecule has 8 nitrogen and oxygen atoms in total. The Kier molecular flexibility index (Phi) is 4.38. The monoisotopic (exact) mass is 388 g/mol. The number of nitriles is 1. The van der Waals surface area contributed by atoms with E-state index in [0.717, 1.165) is 19.3 Å². The van der Waals surface area contributed by atoms with Crippen molar-refractivity contribution >= 4 is 21.7 Å². The minimum absolute atomic E-state index is 0.000989. The van der Waals surface area contributed by atoms with Gasteiger partial charge in [0.15, 0.2) is 9.84 Å². The van der Waals surface area contributed by atoms with Crippen LogP contribution in [0, 0.1) is 17.2 Å². The molecule has 9 heteroatoms. The van der Waals surface area contributed by atoms with Crippen LogP contribution < -0.4 is 0 Å². The van der Waals surface area contributed by atoms with Gasteiger partial charge in [0.1, 0.15) is 11.8 Å². The number of sulfone groups is 1. The Morgan fingerprint density at radius 3 is 2.33 bits per heavy atom. The van der Waals surface area contributed by atoms with Crippen LogP contribution >= 0.6 is 0 Å². The zero-order chi connectivity index (χ0) is 19.2. The number of rotatable bonds is 2. The van der Waals surface area contributed by atoms with Gasteiger partial charge in [0.05, 0.1) is 29.2 Å². The van der Waals surface area contributed by atoms with E-state index in [1.807, 2.05) is 6.07 Å². The van der Waals surface area contributed by atoms with Crippen molar-refractivity contribution in [3.8, 4) is 6.07 Å². The molecule has 2 amide bonds. The van der Waals surface area contributed by atoms with E-state index in [1.54, 1.807) is 9.80 Å². The lowest BCUT2D eigenvalue weighted by Gasteiger charge is -2.45. The highest BCUT2D eigenvalue weighted by Crippen LogP contribution is 2.33. The van der Waals surface area contributed by atoms with Crippen molar-refractivity contribution in [3.05, 3.63) is 29.6 Å². The van der Waals surface area contributed by atoms with Crippen LogP contribution in [-0.4, -0.2) is 71.7 Å². The summed E-state index contributed by atoms with van der Waals surface area (Å²) in [5, 5.41) is 8.84. The molecule has 1 aromatic heterocycles. The Labute approximate surface area is 157 Å². The Bertz CT molecular complexity index is 918. The Balaban J connectivity index is 1.59. The fourth-order valence-electron chi connectivity index (χ4n) is 4.12. The van der Waals surface area contributed by atoms with Crippen LogP contribution in [-0.2, 0) is 14.6 Å². The molecular weight excluding hydrogens is 368 g/mol. The third kappa shape index (κ3) is 3.18. The molecule has 0 bridgehead atoms. The molecule has 1 aromatic rings. The van der Waals surface area contributed by atoms with Crippen LogP contribution in [0.1, 0.15) is 35.3 Å². The number of carbonyl (C=O) groups excluding carboxylic acids is 2. The summed E-state index contributed by atoms with van der Waals surface area (Å²) in [4.78, 5) is 32.8. The van der Waals surface area contributed by atoms with E-state index < -0.39 is 21.9 Å². The van der Waals surface area contributed by atoms with Crippen molar-refractivity contribution in [1.82, 2.24) is 14.8 Å². The van der Waals surface area contributed by atoms with Gasteiger partial charge in [-0.2, -0.15) is 5.26 Å². The highest BCUT2D eigenvalue weighted by Gasteiger charge is 2.50. The van der Waals surface area contributed by atoms with Gasteiger partial charge in [0.2, 0.25) is 5.91 Å². The first kappa shape index (κ1) is 17.9. The molecule has 3 fully saturated rings. The Morgan fingerprint density at radius 1 is 1.11 bits per heavy atom. The maximum Gasteiger partial charge on any atom is 0.255 e. The number of hydrogen-bond donors (Lipinski definition) is 0. The number of hydrogen-bond acceptors (Lipinski definition) is 6. The van der Waals surface area contributed by atoms with Crippen molar-refractivity contribution in [2.45, 2.75) is 31.3 Å². The number of piperazine rings is 1. The SMILES string of the molecule is N#Cc1ccc(C(=O)N2CCN(C(=O)C3CCC3)[C@@H]3CS(=O)(=O)C[C@@H]32)cn1. The lowest BCUT2D eigenvalue weighted by atomic mass is 9.83. The zero-order valence-electron chi connectivity index (χ0n) is 14.7. The third-order valence-electron chi connectivity index (χ3n) is 5.80. The molecule has 2 aliphatic heterocycles. The van der Waals surface area contributed by atoms with Gasteiger partial charge >= 0.3 is 0 Å². The van der Waals surface area contributed by atoms with Gasteiger partial charge in [-0.1, -0.05) is 6.42 Å². The first-order chi connectivity index (χ1) is 12.9. The maximum atomic E-state index is 12.9. The van der Waals surface area contributed by atoms with Crippen LogP contribution in [0.15, 0.2) is 18.3 Å².